The monoisotopic (exact) mass is 728 g/mol. The topological polar surface area (TPSA) is 47.6 Å². The Balaban J connectivity index is 1.85. The molecule has 2 aliphatic carbocycles. The van der Waals surface area contributed by atoms with Crippen molar-refractivity contribution >= 4 is 116 Å². The van der Waals surface area contributed by atoms with Crippen LogP contribution < -0.4 is 0 Å². The van der Waals surface area contributed by atoms with E-state index in [0.29, 0.717) is 0 Å². The van der Waals surface area contributed by atoms with Crippen molar-refractivity contribution in [3.05, 3.63) is 69.9 Å². The van der Waals surface area contributed by atoms with Crippen LogP contribution in [0.15, 0.2) is 36.6 Å². The molecule has 0 fully saturated rings. The summed E-state index contributed by atoms with van der Waals surface area (Å²) in [7, 11) is 0. The molecule has 0 saturated carbocycles. The number of rotatable bonds is 10. The van der Waals surface area contributed by atoms with Gasteiger partial charge in [0.05, 0.1) is 36.6 Å². The molecule has 0 atom stereocenters. The summed E-state index contributed by atoms with van der Waals surface area (Å²) in [5, 5.41) is 21.6. The van der Waals surface area contributed by atoms with Gasteiger partial charge >= 0.3 is 0 Å². The molecule has 10 heteroatoms. The van der Waals surface area contributed by atoms with E-state index in [1.165, 1.54) is 58.8 Å². The Kier molecular flexibility index (Phi) is 11.9. The third kappa shape index (κ3) is 5.87. The van der Waals surface area contributed by atoms with E-state index in [-0.39, 0.29) is 0 Å². The van der Waals surface area contributed by atoms with Crippen LogP contribution in [0.25, 0.3) is 22.3 Å². The standard InChI is InChI=1S/C34H36N2S8/c1-9-11-13-19-21(15-35)23-17(3)26-24(18(4)25(23)27(19)29-41-31(37-5)32(38-6)42-29)22(16-36)20(14-12-10-2)28(26)30-43-33(39-7)34(40-8)44-30/h9-14H2,1-8H3. The van der Waals surface area contributed by atoms with Crippen molar-refractivity contribution in [3.63, 3.8) is 0 Å². The molecule has 0 unspecified atom stereocenters. The Labute approximate surface area is 297 Å². The van der Waals surface area contributed by atoms with Crippen LogP contribution in [0, 0.1) is 36.5 Å². The number of hydrogen-bond donors (Lipinski definition) is 0. The summed E-state index contributed by atoms with van der Waals surface area (Å²) in [5.74, 6) is 0. The molecular weight excluding hydrogens is 693 g/mol. The first-order chi connectivity index (χ1) is 21.3. The first-order valence-corrected chi connectivity index (χ1v) is 22.8. The highest BCUT2D eigenvalue weighted by molar-refractivity contribution is 8.41. The van der Waals surface area contributed by atoms with Crippen molar-refractivity contribution in [2.45, 2.75) is 66.2 Å². The van der Waals surface area contributed by atoms with Gasteiger partial charge in [0, 0.05) is 22.3 Å². The van der Waals surface area contributed by atoms with E-state index in [0.717, 1.165) is 71.9 Å². The van der Waals surface area contributed by atoms with E-state index >= 15 is 0 Å². The Hall–Kier alpha value is -0.560. The summed E-state index contributed by atoms with van der Waals surface area (Å²) in [4.78, 5) is 0. The van der Waals surface area contributed by atoms with E-state index < -0.39 is 0 Å². The molecule has 0 bridgehead atoms. The quantitative estimate of drug-likeness (QED) is 0.233. The van der Waals surface area contributed by atoms with E-state index in [1.807, 2.05) is 94.1 Å². The molecule has 0 spiro atoms. The maximum atomic E-state index is 10.8. The Morgan fingerprint density at radius 3 is 1.11 bits per heavy atom. The van der Waals surface area contributed by atoms with Crippen LogP contribution in [-0.4, -0.2) is 25.0 Å². The van der Waals surface area contributed by atoms with Gasteiger partial charge in [0.15, 0.2) is 0 Å². The Morgan fingerprint density at radius 2 is 0.864 bits per heavy atom. The van der Waals surface area contributed by atoms with Crippen molar-refractivity contribution in [1.82, 2.24) is 0 Å². The second-order valence-corrected chi connectivity index (χ2v) is 19.5. The summed E-state index contributed by atoms with van der Waals surface area (Å²) < 4.78 is 7.92. The summed E-state index contributed by atoms with van der Waals surface area (Å²) in [6.07, 6.45) is 14.6. The molecule has 0 saturated heterocycles. The van der Waals surface area contributed by atoms with Crippen LogP contribution in [-0.2, 0) is 0 Å². The van der Waals surface area contributed by atoms with Gasteiger partial charge in [0.25, 0.3) is 0 Å². The maximum Gasteiger partial charge on any atom is 0.100 e. The predicted octanol–water partition coefficient (Wildman–Crippen LogP) is 13.3. The number of nitrogens with zero attached hydrogens (tertiary/aromatic N) is 2. The lowest BCUT2D eigenvalue weighted by Crippen LogP contribution is -2.03. The highest BCUT2D eigenvalue weighted by Crippen LogP contribution is 2.65. The first kappa shape index (κ1) is 34.8. The maximum absolute atomic E-state index is 10.8. The molecule has 0 N–H and O–H groups in total. The average Bonchev–Trinajstić information content (AvgIpc) is 3.80. The highest BCUT2D eigenvalue weighted by Gasteiger charge is 2.41. The van der Waals surface area contributed by atoms with Gasteiger partial charge in [-0.25, -0.2) is 0 Å². The Morgan fingerprint density at radius 1 is 0.545 bits per heavy atom. The minimum atomic E-state index is 0.841. The third-order valence-corrected chi connectivity index (χ3v) is 18.7. The van der Waals surface area contributed by atoms with Crippen molar-refractivity contribution in [2.24, 2.45) is 0 Å². The lowest BCUT2D eigenvalue weighted by atomic mass is 9.85. The van der Waals surface area contributed by atoms with Crippen LogP contribution in [0.4, 0.5) is 0 Å². The van der Waals surface area contributed by atoms with Gasteiger partial charge in [-0.15, -0.1) is 47.0 Å². The molecule has 2 aliphatic heterocycles. The average molecular weight is 729 g/mol. The molecule has 0 amide bonds. The van der Waals surface area contributed by atoms with Gasteiger partial charge in [0.2, 0.25) is 0 Å². The van der Waals surface area contributed by atoms with E-state index in [2.05, 4.69) is 64.9 Å². The zero-order chi connectivity index (χ0) is 31.7. The van der Waals surface area contributed by atoms with Crippen LogP contribution in [0.1, 0.15) is 85.8 Å². The molecule has 1 aromatic rings. The minimum absolute atomic E-state index is 0.841. The second kappa shape index (κ2) is 15.1. The largest absolute Gasteiger partial charge is 0.192 e. The van der Waals surface area contributed by atoms with Crippen molar-refractivity contribution in [2.75, 3.05) is 25.0 Å². The van der Waals surface area contributed by atoms with Gasteiger partial charge in [0.1, 0.15) is 12.1 Å². The lowest BCUT2D eigenvalue weighted by Gasteiger charge is -2.20. The molecule has 0 aromatic heterocycles. The predicted molar refractivity (Wildman–Crippen MR) is 212 cm³/mol. The Bertz CT molecular complexity index is 1540. The van der Waals surface area contributed by atoms with E-state index in [4.69, 9.17) is 0 Å². The summed E-state index contributed by atoms with van der Waals surface area (Å²) in [6.45, 7) is 8.88. The molecular formula is C34H36N2S8. The highest BCUT2D eigenvalue weighted by atomic mass is 32.3. The number of benzene rings is 1. The fourth-order valence-electron chi connectivity index (χ4n) is 6.26. The van der Waals surface area contributed by atoms with Crippen molar-refractivity contribution < 1.29 is 0 Å². The number of allylic oxidation sites excluding steroid dienone is 6. The molecule has 2 nitrogen and oxygen atoms in total. The van der Waals surface area contributed by atoms with Gasteiger partial charge in [-0.3, -0.25) is 0 Å². The number of fused-ring (bicyclic) bond motifs is 2. The smallest absolute Gasteiger partial charge is 0.100 e. The molecule has 1 aromatic carbocycles. The molecule has 4 aliphatic rings. The van der Waals surface area contributed by atoms with Crippen LogP contribution in [0.3, 0.4) is 0 Å². The fraction of sp³-hybridized carbons (Fsp3) is 0.412. The molecule has 2 heterocycles. The molecule has 5 rings (SSSR count). The zero-order valence-electron chi connectivity index (χ0n) is 26.4. The van der Waals surface area contributed by atoms with Gasteiger partial charge < -0.3 is 0 Å². The van der Waals surface area contributed by atoms with Crippen LogP contribution >= 0.6 is 94.1 Å². The van der Waals surface area contributed by atoms with Gasteiger partial charge in [-0.2, -0.15) is 10.5 Å². The van der Waals surface area contributed by atoms with E-state index in [1.54, 1.807) is 0 Å². The molecule has 0 radical (unpaired) electrons. The summed E-state index contributed by atoms with van der Waals surface area (Å²) in [5.41, 5.74) is 13.5. The second-order valence-electron chi connectivity index (χ2n) is 10.6. The number of hydrogen-bond acceptors (Lipinski definition) is 10. The van der Waals surface area contributed by atoms with Crippen molar-refractivity contribution in [1.29, 1.82) is 10.5 Å². The number of nitriles is 2. The molecule has 44 heavy (non-hydrogen) atoms. The number of thioether (sulfide) groups is 8. The summed E-state index contributed by atoms with van der Waals surface area (Å²) in [6, 6.07) is 5.43. The summed E-state index contributed by atoms with van der Waals surface area (Å²) >= 11 is 14.7. The van der Waals surface area contributed by atoms with E-state index in [9.17, 15) is 10.5 Å². The van der Waals surface area contributed by atoms with Crippen LogP contribution in [0.2, 0.25) is 0 Å². The third-order valence-electron chi connectivity index (χ3n) is 8.22. The SMILES string of the molecule is CCCCC1=C(C#N)c2c(C)c3c(c(C)c2C1=C1SC(SC)=C(SC)S1)C(C#N)=C(CCCC)C3=C1SC(SC)=C(SC)S1. The van der Waals surface area contributed by atoms with Crippen LogP contribution in [0.5, 0.6) is 0 Å². The first-order valence-electron chi connectivity index (χ1n) is 14.7. The van der Waals surface area contributed by atoms with Crippen molar-refractivity contribution in [3.8, 4) is 12.1 Å². The zero-order valence-corrected chi connectivity index (χ0v) is 32.9. The molecule has 230 valence electrons. The van der Waals surface area contributed by atoms with Gasteiger partial charge in [-0.05, 0) is 98.0 Å². The van der Waals surface area contributed by atoms with Gasteiger partial charge in [-0.1, -0.05) is 73.7 Å². The normalized spacial score (nSPS) is 18.0. The fourth-order valence-corrected chi connectivity index (χ4v) is 16.5. The minimum Gasteiger partial charge on any atom is -0.192 e. The lowest BCUT2D eigenvalue weighted by molar-refractivity contribution is 0.803. The number of unbranched alkanes of at least 4 members (excludes halogenated alkanes) is 2.